The first-order valence-electron chi connectivity index (χ1n) is 11.6. The van der Waals surface area contributed by atoms with Gasteiger partial charge in [0.15, 0.2) is 0 Å². The molecule has 0 amide bonds. The van der Waals surface area contributed by atoms with Crippen molar-refractivity contribution < 1.29 is 0 Å². The van der Waals surface area contributed by atoms with Crippen LogP contribution in [0.3, 0.4) is 0 Å². The summed E-state index contributed by atoms with van der Waals surface area (Å²) in [5.41, 5.74) is 15.1. The third-order valence-corrected chi connectivity index (χ3v) is 15.4. The van der Waals surface area contributed by atoms with Crippen molar-refractivity contribution in [2.75, 3.05) is 69.0 Å². The zero-order valence-corrected chi connectivity index (χ0v) is 23.1. The highest BCUT2D eigenvalue weighted by Gasteiger charge is 2.49. The average Bonchev–Trinajstić information content (AvgIpc) is 2.78. The Balaban J connectivity index is 1.59. The molecule has 4 saturated heterocycles. The fourth-order valence-electron chi connectivity index (χ4n) is 7.05. The summed E-state index contributed by atoms with van der Waals surface area (Å²) < 4.78 is 0. The molecule has 0 radical (unpaired) electrons. The standard InChI is InChI=1S/C25H30S6/c1-25-13-31-8-19-17-5-29-11-23(25)21-9-27-3-15(17)14-2-26-7-20(21)22-10-28-4-16(14)18(19)6-30-12-24(22)25/h17,19,23H,2-13H2,1H3/t17?,19?,23-,25?/m1/s1. The van der Waals surface area contributed by atoms with E-state index in [0.29, 0.717) is 5.41 Å². The van der Waals surface area contributed by atoms with Gasteiger partial charge in [-0.15, -0.1) is 0 Å². The molecular weight excluding hydrogens is 493 g/mol. The molecule has 0 spiro atoms. The zero-order chi connectivity index (χ0) is 20.6. The van der Waals surface area contributed by atoms with Crippen molar-refractivity contribution in [1.82, 2.24) is 0 Å². The third-order valence-electron chi connectivity index (χ3n) is 8.80. The molecule has 4 fully saturated rings. The summed E-state index contributed by atoms with van der Waals surface area (Å²) >= 11 is 13.8. The van der Waals surface area contributed by atoms with Crippen molar-refractivity contribution in [1.29, 1.82) is 0 Å². The van der Waals surface area contributed by atoms with Crippen molar-refractivity contribution >= 4 is 70.6 Å². The number of fused-ring (bicyclic) bond motifs is 12. The van der Waals surface area contributed by atoms with Gasteiger partial charge >= 0.3 is 0 Å². The van der Waals surface area contributed by atoms with Crippen LogP contribution in [0.2, 0.25) is 0 Å². The minimum absolute atomic E-state index is 0.364. The van der Waals surface area contributed by atoms with Gasteiger partial charge in [-0.25, -0.2) is 0 Å². The third kappa shape index (κ3) is 3.23. The molecule has 8 rings (SSSR count). The Morgan fingerprint density at radius 3 is 1.84 bits per heavy atom. The van der Waals surface area contributed by atoms with Crippen molar-refractivity contribution in [3.8, 4) is 0 Å². The zero-order valence-electron chi connectivity index (χ0n) is 18.2. The van der Waals surface area contributed by atoms with Gasteiger partial charge in [0.05, 0.1) is 0 Å². The van der Waals surface area contributed by atoms with E-state index in [4.69, 9.17) is 0 Å². The van der Waals surface area contributed by atoms with Crippen molar-refractivity contribution in [3.05, 3.63) is 44.6 Å². The molecule has 0 aromatic rings. The van der Waals surface area contributed by atoms with Crippen molar-refractivity contribution in [2.24, 2.45) is 23.2 Å². The van der Waals surface area contributed by atoms with E-state index in [1.54, 1.807) is 0 Å². The van der Waals surface area contributed by atoms with Crippen LogP contribution in [-0.2, 0) is 0 Å². The molecule has 8 aliphatic rings. The minimum Gasteiger partial charge on any atom is -0.161 e. The van der Waals surface area contributed by atoms with Gasteiger partial charge < -0.3 is 0 Å². The van der Waals surface area contributed by atoms with Gasteiger partial charge in [-0.05, 0) is 39.7 Å². The van der Waals surface area contributed by atoms with Gasteiger partial charge in [-0.2, -0.15) is 70.6 Å². The van der Waals surface area contributed by atoms with Gasteiger partial charge in [0.25, 0.3) is 0 Å². The van der Waals surface area contributed by atoms with Crippen LogP contribution in [0.25, 0.3) is 0 Å². The second-order valence-corrected chi connectivity index (χ2v) is 16.2. The molecule has 6 heterocycles. The van der Waals surface area contributed by atoms with E-state index in [9.17, 15) is 0 Å². The lowest BCUT2D eigenvalue weighted by Crippen LogP contribution is -2.45. The summed E-state index contributed by atoms with van der Waals surface area (Å²) in [7, 11) is 0. The Morgan fingerprint density at radius 2 is 1.10 bits per heavy atom. The van der Waals surface area contributed by atoms with E-state index in [-0.39, 0.29) is 0 Å². The maximum absolute atomic E-state index is 2.69. The van der Waals surface area contributed by atoms with Crippen LogP contribution in [0, 0.1) is 23.2 Å². The van der Waals surface area contributed by atoms with Crippen LogP contribution in [-0.4, -0.2) is 69.0 Å². The largest absolute Gasteiger partial charge is 0.161 e. The number of hydrogen-bond acceptors (Lipinski definition) is 6. The first-order valence-corrected chi connectivity index (χ1v) is 18.5. The quantitative estimate of drug-likeness (QED) is 0.352. The molecule has 0 aromatic heterocycles. The molecule has 6 heteroatoms. The molecule has 3 unspecified atom stereocenters. The van der Waals surface area contributed by atoms with Gasteiger partial charge in [-0.3, -0.25) is 0 Å². The van der Waals surface area contributed by atoms with Crippen LogP contribution in [0.4, 0.5) is 0 Å². The lowest BCUT2D eigenvalue weighted by molar-refractivity contribution is 0.329. The Labute approximate surface area is 212 Å². The predicted octanol–water partition coefficient (Wildman–Crippen LogP) is 6.52. The van der Waals surface area contributed by atoms with E-state index in [1.807, 2.05) is 44.6 Å². The fourth-order valence-corrected chi connectivity index (χ4v) is 15.5. The second-order valence-electron chi connectivity index (χ2n) is 10.2. The minimum atomic E-state index is 0.364. The van der Waals surface area contributed by atoms with Gasteiger partial charge in [0, 0.05) is 80.4 Å². The normalized spacial score (nSPS) is 40.0. The van der Waals surface area contributed by atoms with Gasteiger partial charge in [0.1, 0.15) is 0 Å². The molecule has 166 valence electrons. The Bertz CT molecular complexity index is 955. The first kappa shape index (κ1) is 21.4. The molecule has 0 N–H and O–H groups in total. The highest BCUT2D eigenvalue weighted by atomic mass is 32.2. The van der Waals surface area contributed by atoms with E-state index in [0.717, 1.165) is 17.8 Å². The van der Waals surface area contributed by atoms with Crippen LogP contribution in [0.5, 0.6) is 0 Å². The van der Waals surface area contributed by atoms with Crippen molar-refractivity contribution in [3.63, 3.8) is 0 Å². The second kappa shape index (κ2) is 8.33. The Hall–Kier alpha value is 1.06. The summed E-state index contributed by atoms with van der Waals surface area (Å²) in [5.74, 6) is 18.0. The van der Waals surface area contributed by atoms with Crippen LogP contribution in [0.15, 0.2) is 44.6 Å². The van der Waals surface area contributed by atoms with Crippen LogP contribution < -0.4 is 0 Å². The lowest BCUT2D eigenvalue weighted by atomic mass is 9.64. The van der Waals surface area contributed by atoms with E-state index in [1.165, 1.54) is 69.0 Å². The molecule has 31 heavy (non-hydrogen) atoms. The molecular formula is C25H30S6. The monoisotopic (exact) mass is 522 g/mol. The molecule has 4 atom stereocenters. The highest BCUT2D eigenvalue weighted by Crippen LogP contribution is 2.58. The summed E-state index contributed by atoms with van der Waals surface area (Å²) in [5, 5.41) is 0. The van der Waals surface area contributed by atoms with Gasteiger partial charge in [0.2, 0.25) is 0 Å². The fraction of sp³-hybridized carbons (Fsp3) is 0.680. The Morgan fingerprint density at radius 1 is 0.548 bits per heavy atom. The Kier molecular flexibility index (Phi) is 5.73. The average molecular weight is 523 g/mol. The molecule has 0 saturated carbocycles. The summed E-state index contributed by atoms with van der Waals surface area (Å²) in [6.07, 6.45) is 0. The number of rotatable bonds is 0. The maximum atomic E-state index is 2.69. The van der Waals surface area contributed by atoms with E-state index < -0.39 is 0 Å². The van der Waals surface area contributed by atoms with Crippen LogP contribution >= 0.6 is 70.6 Å². The summed E-state index contributed by atoms with van der Waals surface area (Å²) in [6.45, 7) is 2.69. The highest BCUT2D eigenvalue weighted by molar-refractivity contribution is 8.01. The van der Waals surface area contributed by atoms with Crippen LogP contribution in [0.1, 0.15) is 6.92 Å². The lowest BCUT2D eigenvalue weighted by Gasteiger charge is -2.51. The van der Waals surface area contributed by atoms with Crippen molar-refractivity contribution in [2.45, 2.75) is 6.92 Å². The smallest absolute Gasteiger partial charge is 0.0191 e. The molecule has 6 aliphatic heterocycles. The summed E-state index contributed by atoms with van der Waals surface area (Å²) in [4.78, 5) is 0. The van der Waals surface area contributed by atoms with Gasteiger partial charge in [-0.1, -0.05) is 23.6 Å². The predicted molar refractivity (Wildman–Crippen MR) is 151 cm³/mol. The first-order chi connectivity index (χ1) is 15.3. The SMILES string of the molecule is CC12CSCC3C4=C5CSCC(=C1CSC4)C1=C4CSCC(=C5CSC1)C3CSC[C@H]42. The number of thioether (sulfide) groups is 6. The molecule has 12 bridgehead atoms. The summed E-state index contributed by atoms with van der Waals surface area (Å²) in [6, 6.07) is 0. The van der Waals surface area contributed by atoms with E-state index in [2.05, 4.69) is 77.5 Å². The molecule has 0 aromatic carbocycles. The maximum Gasteiger partial charge on any atom is 0.0191 e. The topological polar surface area (TPSA) is 0 Å². The van der Waals surface area contributed by atoms with E-state index >= 15 is 0 Å². The molecule has 0 nitrogen and oxygen atoms in total. The number of hydrogen-bond donors (Lipinski definition) is 0. The molecule has 2 aliphatic carbocycles.